The van der Waals surface area contributed by atoms with Gasteiger partial charge in [-0.2, -0.15) is 13.2 Å². The summed E-state index contributed by atoms with van der Waals surface area (Å²) in [6.07, 6.45) is -6.85. The van der Waals surface area contributed by atoms with Crippen LogP contribution >= 0.6 is 0 Å². The van der Waals surface area contributed by atoms with E-state index in [-0.39, 0.29) is 24.9 Å². The van der Waals surface area contributed by atoms with Crippen LogP contribution in [0.5, 0.6) is 0 Å². The molecule has 0 unspecified atom stereocenters. The van der Waals surface area contributed by atoms with Gasteiger partial charge in [0.15, 0.2) is 0 Å². The molecule has 0 spiro atoms. The first-order chi connectivity index (χ1) is 12.5. The number of aliphatic carboxylic acids is 1. The van der Waals surface area contributed by atoms with Crippen LogP contribution in [0.1, 0.15) is 31.4 Å². The molecule has 0 radical (unpaired) electrons. The molecule has 7 nitrogen and oxygen atoms in total. The van der Waals surface area contributed by atoms with Gasteiger partial charge in [0.25, 0.3) is 0 Å². The van der Waals surface area contributed by atoms with Gasteiger partial charge in [0.2, 0.25) is 6.29 Å². The number of nitrogens with one attached hydrogen (secondary N) is 1. The second kappa shape index (κ2) is 9.79. The molecule has 150 valence electrons. The van der Waals surface area contributed by atoms with Crippen LogP contribution in [0.3, 0.4) is 0 Å². The maximum Gasteiger partial charge on any atom is 0.416 e. The molecule has 1 aromatic carbocycles. The van der Waals surface area contributed by atoms with Gasteiger partial charge in [-0.1, -0.05) is 25.1 Å². The average molecular weight is 391 g/mol. The number of carbonyl (C=O) groups excluding carboxylic acids is 2. The van der Waals surface area contributed by atoms with Gasteiger partial charge in [-0.3, -0.25) is 9.59 Å². The van der Waals surface area contributed by atoms with Crippen LogP contribution in [-0.2, 0) is 31.7 Å². The smallest absolute Gasteiger partial charge is 0.416 e. The molecule has 1 amide bonds. The van der Waals surface area contributed by atoms with E-state index >= 15 is 0 Å². The number of carboxylic acids is 1. The van der Waals surface area contributed by atoms with Crippen molar-refractivity contribution in [3.05, 3.63) is 35.4 Å². The first kappa shape index (κ1) is 22.3. The van der Waals surface area contributed by atoms with E-state index in [4.69, 9.17) is 9.47 Å². The molecule has 0 fully saturated rings. The standard InChI is InChI=1S/C17H20F3NO6/c1-3-14(22)26-10(2)27-16(25)21-9-12(15(23)24)7-11-5-4-6-13(8-11)17(18,19)20/h4-6,8,10,12H,3,7,9H2,1-2H3,(H,21,25)(H,23,24)/t10-,12-/m0/s1. The lowest BCUT2D eigenvalue weighted by Gasteiger charge is -2.17. The minimum atomic E-state index is -4.54. The molecule has 0 aromatic heterocycles. The van der Waals surface area contributed by atoms with Gasteiger partial charge in [0, 0.05) is 19.9 Å². The summed E-state index contributed by atoms with van der Waals surface area (Å²) in [5, 5.41) is 11.4. The summed E-state index contributed by atoms with van der Waals surface area (Å²) >= 11 is 0. The summed E-state index contributed by atoms with van der Waals surface area (Å²) in [6.45, 7) is 2.49. The molecule has 0 aliphatic rings. The van der Waals surface area contributed by atoms with Crippen LogP contribution < -0.4 is 5.32 Å². The van der Waals surface area contributed by atoms with E-state index in [1.807, 2.05) is 0 Å². The van der Waals surface area contributed by atoms with Gasteiger partial charge in [-0.25, -0.2) is 4.79 Å². The number of alkyl carbamates (subject to hydrolysis) is 1. The zero-order chi connectivity index (χ0) is 20.6. The maximum absolute atomic E-state index is 12.7. The molecule has 2 N–H and O–H groups in total. The van der Waals surface area contributed by atoms with E-state index in [1.165, 1.54) is 19.1 Å². The molecule has 27 heavy (non-hydrogen) atoms. The van der Waals surface area contributed by atoms with Gasteiger partial charge in [-0.15, -0.1) is 0 Å². The van der Waals surface area contributed by atoms with E-state index in [0.29, 0.717) is 0 Å². The minimum absolute atomic E-state index is 0.0907. The van der Waals surface area contributed by atoms with Crippen molar-refractivity contribution in [3.63, 3.8) is 0 Å². The summed E-state index contributed by atoms with van der Waals surface area (Å²) in [6, 6.07) is 4.30. The quantitative estimate of drug-likeness (QED) is 0.522. The number of esters is 1. The molecule has 0 aliphatic heterocycles. The fourth-order valence-corrected chi connectivity index (χ4v) is 2.10. The number of ether oxygens (including phenoxy) is 2. The predicted octanol–water partition coefficient (Wildman–Crippen LogP) is 2.97. The lowest BCUT2D eigenvalue weighted by atomic mass is 9.98. The first-order valence-electron chi connectivity index (χ1n) is 8.05. The third-order valence-corrected chi connectivity index (χ3v) is 3.44. The van der Waals surface area contributed by atoms with Gasteiger partial charge in [0.05, 0.1) is 11.5 Å². The predicted molar refractivity (Wildman–Crippen MR) is 86.6 cm³/mol. The molecule has 10 heteroatoms. The Morgan fingerprint density at radius 2 is 1.89 bits per heavy atom. The van der Waals surface area contributed by atoms with Crippen LogP contribution in [0.2, 0.25) is 0 Å². The van der Waals surface area contributed by atoms with Crippen molar-refractivity contribution in [1.82, 2.24) is 5.32 Å². The number of benzene rings is 1. The second-order valence-corrected chi connectivity index (χ2v) is 5.63. The molecule has 0 saturated carbocycles. The van der Waals surface area contributed by atoms with Gasteiger partial charge in [0.1, 0.15) is 0 Å². The van der Waals surface area contributed by atoms with E-state index < -0.39 is 42.0 Å². The lowest BCUT2D eigenvalue weighted by Crippen LogP contribution is -2.36. The summed E-state index contributed by atoms with van der Waals surface area (Å²) in [5.41, 5.74) is -0.722. The molecule has 1 aromatic rings. The number of carbonyl (C=O) groups is 3. The summed E-state index contributed by atoms with van der Waals surface area (Å²) in [7, 11) is 0. The van der Waals surface area contributed by atoms with Crippen LogP contribution in [0, 0.1) is 5.92 Å². The molecular weight excluding hydrogens is 371 g/mol. The van der Waals surface area contributed by atoms with Gasteiger partial charge in [-0.05, 0) is 18.1 Å². The number of amides is 1. The zero-order valence-corrected chi connectivity index (χ0v) is 14.7. The Kier molecular flexibility index (Phi) is 8.07. The van der Waals surface area contributed by atoms with Crippen LogP contribution in [0.4, 0.5) is 18.0 Å². The fraction of sp³-hybridized carbons (Fsp3) is 0.471. The van der Waals surface area contributed by atoms with Crippen molar-refractivity contribution in [2.24, 2.45) is 5.92 Å². The fourth-order valence-electron chi connectivity index (χ4n) is 2.10. The number of hydrogen-bond donors (Lipinski definition) is 2. The van der Waals surface area contributed by atoms with E-state index in [2.05, 4.69) is 5.32 Å². The van der Waals surface area contributed by atoms with Crippen molar-refractivity contribution < 1.29 is 42.1 Å². The Bertz CT molecular complexity index is 677. The highest BCUT2D eigenvalue weighted by atomic mass is 19.4. The van der Waals surface area contributed by atoms with Crippen LogP contribution in [0.15, 0.2) is 24.3 Å². The number of hydrogen-bond acceptors (Lipinski definition) is 5. The Balaban J connectivity index is 2.64. The minimum Gasteiger partial charge on any atom is -0.481 e. The topological polar surface area (TPSA) is 102 Å². The lowest BCUT2D eigenvalue weighted by molar-refractivity contribution is -0.164. The normalized spacial score (nSPS) is 13.4. The highest BCUT2D eigenvalue weighted by Gasteiger charge is 2.31. The SMILES string of the molecule is CCC(=O)O[C@H](C)OC(=O)NC[C@H](Cc1cccc(C(F)(F)F)c1)C(=O)O. The molecule has 0 aliphatic carbocycles. The number of halogens is 3. The Hall–Kier alpha value is -2.78. The Morgan fingerprint density at radius 3 is 2.44 bits per heavy atom. The first-order valence-corrected chi connectivity index (χ1v) is 8.05. The van der Waals surface area contributed by atoms with Crippen molar-refractivity contribution >= 4 is 18.0 Å². The van der Waals surface area contributed by atoms with Crippen molar-refractivity contribution in [1.29, 1.82) is 0 Å². The van der Waals surface area contributed by atoms with E-state index in [9.17, 15) is 32.7 Å². The highest BCUT2D eigenvalue weighted by molar-refractivity contribution is 5.73. The van der Waals surface area contributed by atoms with Gasteiger partial charge < -0.3 is 19.9 Å². The van der Waals surface area contributed by atoms with E-state index in [0.717, 1.165) is 12.1 Å². The molecule has 2 atom stereocenters. The molecule has 0 saturated heterocycles. The van der Waals surface area contributed by atoms with Crippen molar-refractivity contribution in [2.75, 3.05) is 6.54 Å². The van der Waals surface area contributed by atoms with Crippen molar-refractivity contribution in [2.45, 2.75) is 39.2 Å². The third-order valence-electron chi connectivity index (χ3n) is 3.44. The molecule has 0 bridgehead atoms. The molecule has 0 heterocycles. The second-order valence-electron chi connectivity index (χ2n) is 5.63. The summed E-state index contributed by atoms with van der Waals surface area (Å²) in [5.74, 6) is -3.05. The van der Waals surface area contributed by atoms with Gasteiger partial charge >= 0.3 is 24.2 Å². The third kappa shape index (κ3) is 7.97. The van der Waals surface area contributed by atoms with Crippen molar-refractivity contribution in [3.8, 4) is 0 Å². The van der Waals surface area contributed by atoms with Crippen LogP contribution in [-0.4, -0.2) is 36.0 Å². The monoisotopic (exact) mass is 391 g/mol. The number of alkyl halides is 3. The average Bonchev–Trinajstić information content (AvgIpc) is 2.57. The van der Waals surface area contributed by atoms with Crippen LogP contribution in [0.25, 0.3) is 0 Å². The van der Waals surface area contributed by atoms with E-state index in [1.54, 1.807) is 6.92 Å². The number of carboxylic acid groups (broad SMARTS) is 1. The Labute approximate surface area is 153 Å². The maximum atomic E-state index is 12.7. The molecular formula is C17H20F3NO6. The highest BCUT2D eigenvalue weighted by Crippen LogP contribution is 2.30. The number of rotatable bonds is 8. The zero-order valence-electron chi connectivity index (χ0n) is 14.7. The summed E-state index contributed by atoms with van der Waals surface area (Å²) in [4.78, 5) is 34.0. The summed E-state index contributed by atoms with van der Waals surface area (Å²) < 4.78 is 47.6. The largest absolute Gasteiger partial charge is 0.481 e. The molecule has 1 rings (SSSR count). The Morgan fingerprint density at radius 1 is 1.22 bits per heavy atom.